The van der Waals surface area contributed by atoms with Crippen molar-refractivity contribution >= 4 is 27.6 Å². The minimum absolute atomic E-state index is 0.00306. The summed E-state index contributed by atoms with van der Waals surface area (Å²) in [6.45, 7) is 0. The van der Waals surface area contributed by atoms with E-state index >= 15 is 0 Å². The molecule has 0 fully saturated rings. The van der Waals surface area contributed by atoms with Crippen LogP contribution in [0.2, 0.25) is 0 Å². The van der Waals surface area contributed by atoms with E-state index in [-0.39, 0.29) is 10.7 Å². The van der Waals surface area contributed by atoms with Gasteiger partial charge in [-0.25, -0.2) is 0 Å². The van der Waals surface area contributed by atoms with E-state index < -0.39 is 4.92 Å². The van der Waals surface area contributed by atoms with Crippen LogP contribution in [-0.2, 0) is 0 Å². The summed E-state index contributed by atoms with van der Waals surface area (Å²) in [4.78, 5) is 10.7. The molecule has 19 heavy (non-hydrogen) atoms. The first-order chi connectivity index (χ1) is 9.13. The molecular formula is C13H9N3O2S. The number of nitriles is 1. The third-order valence-electron chi connectivity index (χ3n) is 2.48. The van der Waals surface area contributed by atoms with Crippen molar-refractivity contribution in [2.24, 2.45) is 5.73 Å². The Balaban J connectivity index is 2.49. The van der Waals surface area contributed by atoms with E-state index in [1.54, 1.807) is 30.3 Å². The molecule has 6 heteroatoms. The minimum Gasteiger partial charge on any atom is -0.396 e. The Hall–Kier alpha value is -2.65. The second-order valence-electron chi connectivity index (χ2n) is 3.66. The lowest BCUT2D eigenvalue weighted by molar-refractivity contribution is -0.380. The fourth-order valence-electron chi connectivity index (χ4n) is 1.58. The van der Waals surface area contributed by atoms with Gasteiger partial charge in [-0.05, 0) is 11.6 Å². The summed E-state index contributed by atoms with van der Waals surface area (Å²) in [5.41, 5.74) is 7.21. The second kappa shape index (κ2) is 5.33. The fourth-order valence-corrected chi connectivity index (χ4v) is 2.36. The highest BCUT2D eigenvalue weighted by Gasteiger charge is 2.14. The molecule has 0 aliphatic carbocycles. The molecule has 5 nitrogen and oxygen atoms in total. The van der Waals surface area contributed by atoms with Crippen LogP contribution < -0.4 is 5.73 Å². The summed E-state index contributed by atoms with van der Waals surface area (Å²) in [6.07, 6.45) is 0. The zero-order chi connectivity index (χ0) is 13.8. The van der Waals surface area contributed by atoms with Crippen LogP contribution in [0.3, 0.4) is 0 Å². The van der Waals surface area contributed by atoms with Crippen LogP contribution in [0.25, 0.3) is 11.3 Å². The van der Waals surface area contributed by atoms with Crippen molar-refractivity contribution in [2.45, 2.75) is 0 Å². The van der Waals surface area contributed by atoms with E-state index in [0.717, 1.165) is 11.3 Å². The lowest BCUT2D eigenvalue weighted by atomic mass is 10.0. The van der Waals surface area contributed by atoms with Gasteiger partial charge in [0.15, 0.2) is 0 Å². The van der Waals surface area contributed by atoms with Crippen molar-refractivity contribution in [3.8, 4) is 6.07 Å². The number of thiophene rings is 1. The van der Waals surface area contributed by atoms with Gasteiger partial charge < -0.3 is 5.73 Å². The molecule has 0 spiro atoms. The highest BCUT2D eigenvalue weighted by atomic mass is 32.1. The summed E-state index contributed by atoms with van der Waals surface area (Å²) in [5.74, 6) is 0. The predicted octanol–water partition coefficient (Wildman–Crippen LogP) is 3.01. The van der Waals surface area contributed by atoms with Gasteiger partial charge in [-0.15, -0.1) is 0 Å². The first-order valence-electron chi connectivity index (χ1n) is 5.33. The van der Waals surface area contributed by atoms with E-state index in [1.165, 1.54) is 6.07 Å². The highest BCUT2D eigenvalue weighted by Crippen LogP contribution is 2.31. The van der Waals surface area contributed by atoms with Gasteiger partial charge in [0, 0.05) is 6.07 Å². The van der Waals surface area contributed by atoms with E-state index in [9.17, 15) is 15.4 Å². The zero-order valence-corrected chi connectivity index (χ0v) is 10.6. The van der Waals surface area contributed by atoms with Crippen molar-refractivity contribution in [3.63, 3.8) is 0 Å². The molecule has 94 valence electrons. The average Bonchev–Trinajstić information content (AvgIpc) is 2.90. The van der Waals surface area contributed by atoms with Gasteiger partial charge in [0.1, 0.15) is 6.07 Å². The molecule has 1 aromatic heterocycles. The average molecular weight is 271 g/mol. The van der Waals surface area contributed by atoms with E-state index in [0.29, 0.717) is 16.0 Å². The second-order valence-corrected chi connectivity index (χ2v) is 4.72. The summed E-state index contributed by atoms with van der Waals surface area (Å²) in [7, 11) is 0. The molecule has 0 bridgehead atoms. The third-order valence-corrected chi connectivity index (χ3v) is 3.55. The van der Waals surface area contributed by atoms with Crippen LogP contribution >= 0.6 is 11.3 Å². The standard InChI is InChI=1S/C13H9N3O2S/c14-8-10(9-4-2-1-3-5-9)13(15)11-6-7-12(19-11)16(17)18/h1-7H,15H2/b13-10-. The van der Waals surface area contributed by atoms with Gasteiger partial charge in [-0.1, -0.05) is 41.7 Å². The molecule has 0 radical (unpaired) electrons. The Morgan fingerprint density at radius 2 is 1.95 bits per heavy atom. The minimum atomic E-state index is -0.476. The Kier molecular flexibility index (Phi) is 3.59. The molecule has 0 saturated heterocycles. The third kappa shape index (κ3) is 2.61. The number of nitrogens with two attached hydrogens (primary N) is 1. The first kappa shape index (κ1) is 12.8. The number of hydrogen-bond donors (Lipinski definition) is 1. The van der Waals surface area contributed by atoms with Crippen LogP contribution in [0.5, 0.6) is 0 Å². The predicted molar refractivity (Wildman–Crippen MR) is 74.0 cm³/mol. The normalized spacial score (nSPS) is 11.5. The van der Waals surface area contributed by atoms with Crippen molar-refractivity contribution < 1.29 is 4.92 Å². The van der Waals surface area contributed by atoms with Crippen molar-refractivity contribution in [2.75, 3.05) is 0 Å². The summed E-state index contributed by atoms with van der Waals surface area (Å²) >= 11 is 0.954. The largest absolute Gasteiger partial charge is 0.396 e. The first-order valence-corrected chi connectivity index (χ1v) is 6.15. The zero-order valence-electron chi connectivity index (χ0n) is 9.74. The van der Waals surface area contributed by atoms with E-state index in [4.69, 9.17) is 5.73 Å². The van der Waals surface area contributed by atoms with Gasteiger partial charge in [0.05, 0.1) is 21.1 Å². The highest BCUT2D eigenvalue weighted by molar-refractivity contribution is 7.16. The lowest BCUT2D eigenvalue weighted by Crippen LogP contribution is -1.98. The number of allylic oxidation sites excluding steroid dienone is 1. The van der Waals surface area contributed by atoms with E-state index in [1.807, 2.05) is 12.1 Å². The number of nitro groups is 1. The summed E-state index contributed by atoms with van der Waals surface area (Å²) < 4.78 is 0. The van der Waals surface area contributed by atoms with Crippen molar-refractivity contribution in [1.29, 1.82) is 5.26 Å². The van der Waals surface area contributed by atoms with E-state index in [2.05, 4.69) is 0 Å². The molecule has 0 aliphatic heterocycles. The maximum Gasteiger partial charge on any atom is 0.324 e. The van der Waals surface area contributed by atoms with Crippen molar-refractivity contribution in [1.82, 2.24) is 0 Å². The van der Waals surface area contributed by atoms with Gasteiger partial charge >= 0.3 is 5.00 Å². The van der Waals surface area contributed by atoms with Crippen molar-refractivity contribution in [3.05, 3.63) is 63.0 Å². The summed E-state index contributed by atoms with van der Waals surface area (Å²) in [6, 6.07) is 14.0. The van der Waals surface area contributed by atoms with Gasteiger partial charge in [0.25, 0.3) is 0 Å². The molecule has 2 rings (SSSR count). The molecule has 0 aliphatic rings. The fraction of sp³-hybridized carbons (Fsp3) is 0. The lowest BCUT2D eigenvalue weighted by Gasteiger charge is -2.03. The molecule has 1 aromatic carbocycles. The number of nitrogens with zero attached hydrogens (tertiary/aromatic N) is 2. The smallest absolute Gasteiger partial charge is 0.324 e. The molecular weight excluding hydrogens is 262 g/mol. The molecule has 1 heterocycles. The Labute approximate surface area is 113 Å². The molecule has 0 amide bonds. The van der Waals surface area contributed by atoms with Crippen LogP contribution in [0.15, 0.2) is 42.5 Å². The van der Waals surface area contributed by atoms with Gasteiger partial charge in [-0.2, -0.15) is 5.26 Å². The number of rotatable bonds is 3. The SMILES string of the molecule is N#C/C(=C(/N)c1ccc([N+](=O)[O-])s1)c1ccccc1. The summed E-state index contributed by atoms with van der Waals surface area (Å²) in [5, 5.41) is 19.9. The Morgan fingerprint density at radius 3 is 2.47 bits per heavy atom. The molecule has 2 N–H and O–H groups in total. The van der Waals surface area contributed by atoms with Crippen LogP contribution in [0, 0.1) is 21.4 Å². The maximum atomic E-state index is 10.6. The topological polar surface area (TPSA) is 93.0 Å². The monoisotopic (exact) mass is 271 g/mol. The molecule has 0 unspecified atom stereocenters. The molecule has 0 saturated carbocycles. The van der Waals surface area contributed by atoms with Crippen LogP contribution in [0.4, 0.5) is 5.00 Å². The van der Waals surface area contributed by atoms with Crippen LogP contribution in [-0.4, -0.2) is 4.92 Å². The molecule has 0 atom stereocenters. The molecule has 2 aromatic rings. The quantitative estimate of drug-likeness (QED) is 0.527. The Morgan fingerprint density at radius 1 is 1.26 bits per heavy atom. The van der Waals surface area contributed by atoms with Gasteiger partial charge in [0.2, 0.25) is 0 Å². The maximum absolute atomic E-state index is 10.6. The Bertz CT molecular complexity index is 683. The van der Waals surface area contributed by atoms with Gasteiger partial charge in [-0.3, -0.25) is 10.1 Å². The number of hydrogen-bond acceptors (Lipinski definition) is 5. The number of benzene rings is 1. The van der Waals surface area contributed by atoms with Crippen LogP contribution in [0.1, 0.15) is 10.4 Å².